The number of carboxylic acids is 1. The van der Waals surface area contributed by atoms with E-state index < -0.39 is 12.1 Å². The van der Waals surface area contributed by atoms with Gasteiger partial charge in [0.25, 0.3) is 0 Å². The first-order valence-electron chi connectivity index (χ1n) is 9.68. The third kappa shape index (κ3) is 5.28. The molecule has 0 bridgehead atoms. The van der Waals surface area contributed by atoms with Gasteiger partial charge in [-0.05, 0) is 80.8 Å². The van der Waals surface area contributed by atoms with Gasteiger partial charge >= 0.3 is 5.97 Å². The van der Waals surface area contributed by atoms with Gasteiger partial charge in [-0.15, -0.1) is 22.9 Å². The van der Waals surface area contributed by atoms with Gasteiger partial charge in [-0.2, -0.15) is 0 Å². The summed E-state index contributed by atoms with van der Waals surface area (Å²) in [4.78, 5) is 12.5. The Morgan fingerprint density at radius 1 is 1.21 bits per heavy atom. The molecule has 0 saturated heterocycles. The molecule has 1 saturated carbocycles. The molecule has 4 nitrogen and oxygen atoms in total. The minimum absolute atomic E-state index is 0.0150. The number of aryl methyl sites for hydroxylation is 3. The Morgan fingerprint density at radius 2 is 1.93 bits per heavy atom. The third-order valence-corrected chi connectivity index (χ3v) is 7.08. The molecule has 1 aromatic heterocycles. The highest BCUT2D eigenvalue weighted by Gasteiger charge is 2.41. The van der Waals surface area contributed by atoms with E-state index in [2.05, 4.69) is 6.07 Å². The molecule has 2 aromatic rings. The summed E-state index contributed by atoms with van der Waals surface area (Å²) >= 11 is 7.87. The fourth-order valence-electron chi connectivity index (χ4n) is 4.11. The first-order chi connectivity index (χ1) is 13.3. The molecule has 1 aliphatic rings. The summed E-state index contributed by atoms with van der Waals surface area (Å²) in [5.74, 6) is 0.170. The zero-order chi connectivity index (χ0) is 20.3. The number of ether oxygens (including phenoxy) is 1. The number of aromatic carboxylic acids is 1. The van der Waals surface area contributed by atoms with Gasteiger partial charge in [-0.25, -0.2) is 4.79 Å². The lowest BCUT2D eigenvalue weighted by molar-refractivity contribution is 0.0701. The van der Waals surface area contributed by atoms with Gasteiger partial charge in [0.1, 0.15) is 10.6 Å². The van der Waals surface area contributed by atoms with Crippen molar-refractivity contribution >= 4 is 28.9 Å². The zero-order valence-electron chi connectivity index (χ0n) is 16.2. The van der Waals surface area contributed by atoms with Crippen molar-refractivity contribution < 1.29 is 19.7 Å². The molecule has 1 fully saturated rings. The molecule has 0 aliphatic heterocycles. The third-order valence-electron chi connectivity index (χ3n) is 5.45. The van der Waals surface area contributed by atoms with Crippen LogP contribution in [-0.4, -0.2) is 34.3 Å². The Labute approximate surface area is 175 Å². The number of rotatable bonds is 8. The van der Waals surface area contributed by atoms with E-state index in [4.69, 9.17) is 21.4 Å². The van der Waals surface area contributed by atoms with Crippen LogP contribution in [0.1, 0.15) is 44.9 Å². The molecule has 0 spiro atoms. The molecule has 2 unspecified atom stereocenters. The van der Waals surface area contributed by atoms with E-state index in [-0.39, 0.29) is 17.2 Å². The average Bonchev–Trinajstić information content (AvgIpc) is 3.18. The van der Waals surface area contributed by atoms with Gasteiger partial charge in [0, 0.05) is 16.2 Å². The average molecular weight is 423 g/mol. The molecule has 2 N–H and O–H groups in total. The Morgan fingerprint density at radius 3 is 2.57 bits per heavy atom. The van der Waals surface area contributed by atoms with Gasteiger partial charge in [0.2, 0.25) is 0 Å². The molecule has 152 valence electrons. The Kier molecular flexibility index (Phi) is 7.02. The standard InChI is InChI=1S/C22H27ClO4S/c1-13-8-14(2)10-15(9-13)27-12-18-17(19(23)11-20(18)24)5-3-4-16-6-7-21(28-16)22(25)26/h6-10,17-20,24H,3-5,11-12H2,1-2H3,(H,25,26)/t17-,18?,19-,20?/m1/s1. The number of benzene rings is 1. The fourth-order valence-corrected chi connectivity index (χ4v) is 5.50. The summed E-state index contributed by atoms with van der Waals surface area (Å²) < 4.78 is 6.01. The Hall–Kier alpha value is -1.56. The minimum atomic E-state index is -0.875. The van der Waals surface area contributed by atoms with Gasteiger partial charge < -0.3 is 14.9 Å². The maximum absolute atomic E-state index is 11.0. The number of alkyl halides is 1. The van der Waals surface area contributed by atoms with Crippen molar-refractivity contribution in [3.63, 3.8) is 0 Å². The Balaban J connectivity index is 1.56. The van der Waals surface area contributed by atoms with E-state index in [1.165, 1.54) is 11.3 Å². The maximum Gasteiger partial charge on any atom is 0.345 e. The lowest BCUT2D eigenvalue weighted by Crippen LogP contribution is -2.27. The van der Waals surface area contributed by atoms with Crippen molar-refractivity contribution in [2.75, 3.05) is 6.61 Å². The molecule has 6 heteroatoms. The number of hydrogen-bond donors (Lipinski definition) is 2. The van der Waals surface area contributed by atoms with Crippen molar-refractivity contribution in [3.05, 3.63) is 51.2 Å². The number of aliphatic hydroxyl groups excluding tert-OH is 1. The summed E-state index contributed by atoms with van der Waals surface area (Å²) in [6.45, 7) is 4.55. The van der Waals surface area contributed by atoms with Crippen LogP contribution in [0.2, 0.25) is 0 Å². The van der Waals surface area contributed by atoms with E-state index in [0.717, 1.165) is 41.0 Å². The molecular formula is C22H27ClO4S. The van der Waals surface area contributed by atoms with E-state index >= 15 is 0 Å². The normalized spacial score (nSPS) is 24.4. The molecule has 28 heavy (non-hydrogen) atoms. The highest BCUT2D eigenvalue weighted by molar-refractivity contribution is 7.13. The highest BCUT2D eigenvalue weighted by Crippen LogP contribution is 2.39. The first-order valence-corrected chi connectivity index (χ1v) is 10.9. The molecule has 0 radical (unpaired) electrons. The van der Waals surface area contributed by atoms with Crippen LogP contribution in [0.15, 0.2) is 30.3 Å². The summed E-state index contributed by atoms with van der Waals surface area (Å²) in [6.07, 6.45) is 2.79. The van der Waals surface area contributed by atoms with Crippen LogP contribution in [-0.2, 0) is 6.42 Å². The topological polar surface area (TPSA) is 66.8 Å². The molecular weight excluding hydrogens is 396 g/mol. The van der Waals surface area contributed by atoms with Crippen LogP contribution in [0.25, 0.3) is 0 Å². The molecule has 3 rings (SSSR count). The first kappa shape index (κ1) is 21.2. The summed E-state index contributed by atoms with van der Waals surface area (Å²) in [5.41, 5.74) is 2.32. The predicted molar refractivity (Wildman–Crippen MR) is 113 cm³/mol. The lowest BCUT2D eigenvalue weighted by Gasteiger charge is -2.24. The maximum atomic E-state index is 11.0. The SMILES string of the molecule is Cc1cc(C)cc(OCC2C(O)C[C@@H](Cl)[C@@H]2CCCc2ccc(C(=O)O)s2)c1. The van der Waals surface area contributed by atoms with Crippen molar-refractivity contribution in [3.8, 4) is 5.75 Å². The van der Waals surface area contributed by atoms with Gasteiger partial charge in [-0.3, -0.25) is 0 Å². The number of thiophene rings is 1. The Bertz CT molecular complexity index is 798. The monoisotopic (exact) mass is 422 g/mol. The second-order valence-electron chi connectivity index (χ2n) is 7.74. The van der Waals surface area contributed by atoms with Crippen molar-refractivity contribution in [2.24, 2.45) is 11.8 Å². The van der Waals surface area contributed by atoms with Gasteiger partial charge in [-0.1, -0.05) is 6.07 Å². The van der Waals surface area contributed by atoms with E-state index in [1.807, 2.05) is 32.0 Å². The van der Waals surface area contributed by atoms with Crippen LogP contribution < -0.4 is 4.74 Å². The number of hydrogen-bond acceptors (Lipinski definition) is 4. The highest BCUT2D eigenvalue weighted by atomic mass is 35.5. The second-order valence-corrected chi connectivity index (χ2v) is 9.47. The summed E-state index contributed by atoms with van der Waals surface area (Å²) in [5, 5.41) is 19.4. The van der Waals surface area contributed by atoms with Gasteiger partial charge in [0.05, 0.1) is 12.7 Å². The fraction of sp³-hybridized carbons (Fsp3) is 0.500. The smallest absolute Gasteiger partial charge is 0.345 e. The van der Waals surface area contributed by atoms with Crippen molar-refractivity contribution in [1.29, 1.82) is 0 Å². The second kappa shape index (κ2) is 9.29. The van der Waals surface area contributed by atoms with Crippen molar-refractivity contribution in [2.45, 2.75) is 51.0 Å². The largest absolute Gasteiger partial charge is 0.493 e. The van der Waals surface area contributed by atoms with Crippen molar-refractivity contribution in [1.82, 2.24) is 0 Å². The number of carboxylic acid groups (broad SMARTS) is 1. The molecule has 4 atom stereocenters. The van der Waals surface area contributed by atoms with Crippen LogP contribution in [0.5, 0.6) is 5.75 Å². The van der Waals surface area contributed by atoms with Crippen LogP contribution in [0, 0.1) is 25.7 Å². The predicted octanol–water partition coefficient (Wildman–Crippen LogP) is 5.07. The summed E-state index contributed by atoms with van der Waals surface area (Å²) in [6, 6.07) is 9.68. The molecule has 0 amide bonds. The molecule has 1 aromatic carbocycles. The summed E-state index contributed by atoms with van der Waals surface area (Å²) in [7, 11) is 0. The quantitative estimate of drug-likeness (QED) is 0.583. The zero-order valence-corrected chi connectivity index (χ0v) is 17.8. The lowest BCUT2D eigenvalue weighted by atomic mass is 9.90. The minimum Gasteiger partial charge on any atom is -0.493 e. The van der Waals surface area contributed by atoms with E-state index in [9.17, 15) is 9.90 Å². The number of halogens is 1. The van der Waals surface area contributed by atoms with Gasteiger partial charge in [0.15, 0.2) is 0 Å². The molecule has 1 aliphatic carbocycles. The van der Waals surface area contributed by atoms with Crippen LogP contribution in [0.4, 0.5) is 0 Å². The van der Waals surface area contributed by atoms with E-state index in [0.29, 0.717) is 17.9 Å². The van der Waals surface area contributed by atoms with E-state index in [1.54, 1.807) is 6.07 Å². The van der Waals surface area contributed by atoms with Crippen LogP contribution in [0.3, 0.4) is 0 Å². The number of carbonyl (C=O) groups is 1. The molecule has 1 heterocycles. The van der Waals surface area contributed by atoms with Crippen LogP contribution >= 0.6 is 22.9 Å². The number of aliphatic hydroxyl groups is 1.